The molecule has 6 heteroatoms. The number of nitrogens with one attached hydrogen (secondary N) is 1. The quantitative estimate of drug-likeness (QED) is 0.655. The summed E-state index contributed by atoms with van der Waals surface area (Å²) in [5, 5.41) is 2.40. The highest BCUT2D eigenvalue weighted by molar-refractivity contribution is 5.48. The molecular formula is C12H13F4NO. The van der Waals surface area contributed by atoms with E-state index in [-0.39, 0.29) is 11.5 Å². The van der Waals surface area contributed by atoms with Crippen molar-refractivity contribution in [2.75, 3.05) is 0 Å². The largest absolute Gasteiger partial charge is 0.416 e. The Morgan fingerprint density at radius 3 is 2.28 bits per heavy atom. The highest BCUT2D eigenvalue weighted by Gasteiger charge is 2.32. The molecule has 0 aliphatic heterocycles. The van der Waals surface area contributed by atoms with Gasteiger partial charge in [-0.3, -0.25) is 4.79 Å². The summed E-state index contributed by atoms with van der Waals surface area (Å²) in [6.07, 6.45) is -4.17. The van der Waals surface area contributed by atoms with E-state index in [9.17, 15) is 22.4 Å². The Morgan fingerprint density at radius 2 is 1.89 bits per heavy atom. The molecule has 0 unspecified atom stereocenters. The van der Waals surface area contributed by atoms with Gasteiger partial charge in [0.25, 0.3) is 0 Å². The van der Waals surface area contributed by atoms with Crippen LogP contribution in [-0.2, 0) is 11.0 Å². The first-order valence-corrected chi connectivity index (χ1v) is 5.33. The molecular weight excluding hydrogens is 250 g/mol. The van der Waals surface area contributed by atoms with Crippen LogP contribution in [0.3, 0.4) is 0 Å². The Kier molecular flexibility index (Phi) is 4.32. The smallest absolute Gasteiger partial charge is 0.352 e. The van der Waals surface area contributed by atoms with Crippen molar-refractivity contribution in [2.45, 2.75) is 26.1 Å². The van der Waals surface area contributed by atoms with E-state index in [2.05, 4.69) is 5.32 Å². The molecule has 0 aliphatic carbocycles. The Hall–Kier alpha value is -1.59. The summed E-state index contributed by atoms with van der Waals surface area (Å²) in [6.45, 7) is 3.47. The van der Waals surface area contributed by atoms with Crippen molar-refractivity contribution in [1.82, 2.24) is 5.32 Å². The molecule has 2 nitrogen and oxygen atoms in total. The number of hydrogen-bond donors (Lipinski definition) is 1. The Balaban J connectivity index is 3.15. The molecule has 100 valence electrons. The summed E-state index contributed by atoms with van der Waals surface area (Å²) in [4.78, 5) is 10.4. The van der Waals surface area contributed by atoms with Gasteiger partial charge in [0.2, 0.25) is 6.41 Å². The average molecular weight is 263 g/mol. The second-order valence-electron chi connectivity index (χ2n) is 4.24. The van der Waals surface area contributed by atoms with Crippen LogP contribution >= 0.6 is 0 Å². The zero-order valence-electron chi connectivity index (χ0n) is 9.88. The Morgan fingerprint density at radius 1 is 1.28 bits per heavy atom. The molecule has 1 rings (SSSR count). The minimum absolute atomic E-state index is 0.0464. The highest BCUT2D eigenvalue weighted by atomic mass is 19.4. The van der Waals surface area contributed by atoms with Crippen LogP contribution in [0.15, 0.2) is 18.2 Å². The minimum Gasteiger partial charge on any atom is -0.352 e. The van der Waals surface area contributed by atoms with E-state index in [0.29, 0.717) is 12.5 Å². The molecule has 0 radical (unpaired) electrons. The van der Waals surface area contributed by atoms with E-state index in [0.717, 1.165) is 12.1 Å². The number of carbonyl (C=O) groups is 1. The van der Waals surface area contributed by atoms with Gasteiger partial charge >= 0.3 is 6.18 Å². The van der Waals surface area contributed by atoms with Crippen LogP contribution in [0.4, 0.5) is 17.6 Å². The number of carbonyl (C=O) groups excluding carboxylic acids is 1. The van der Waals surface area contributed by atoms with E-state index in [1.54, 1.807) is 13.8 Å². The number of benzene rings is 1. The lowest BCUT2D eigenvalue weighted by Crippen LogP contribution is -2.25. The van der Waals surface area contributed by atoms with Crippen LogP contribution in [0.1, 0.15) is 31.0 Å². The summed E-state index contributed by atoms with van der Waals surface area (Å²) in [6, 6.07) is 1.65. The molecule has 1 N–H and O–H groups in total. The van der Waals surface area contributed by atoms with Crippen molar-refractivity contribution >= 4 is 6.41 Å². The van der Waals surface area contributed by atoms with Gasteiger partial charge in [-0.05, 0) is 18.1 Å². The average Bonchev–Trinajstić information content (AvgIpc) is 2.24. The number of hydrogen-bond acceptors (Lipinski definition) is 1. The zero-order chi connectivity index (χ0) is 13.9. The third-order valence-electron chi connectivity index (χ3n) is 2.58. The molecule has 1 atom stereocenters. The topological polar surface area (TPSA) is 29.1 Å². The molecule has 0 saturated heterocycles. The van der Waals surface area contributed by atoms with Crippen molar-refractivity contribution in [3.8, 4) is 0 Å². The van der Waals surface area contributed by atoms with Gasteiger partial charge in [-0.15, -0.1) is 0 Å². The molecule has 18 heavy (non-hydrogen) atoms. The number of amides is 1. The van der Waals surface area contributed by atoms with Crippen molar-refractivity contribution in [3.05, 3.63) is 35.1 Å². The van der Waals surface area contributed by atoms with Gasteiger partial charge in [0.1, 0.15) is 5.82 Å². The van der Waals surface area contributed by atoms with Crippen LogP contribution in [0.25, 0.3) is 0 Å². The summed E-state index contributed by atoms with van der Waals surface area (Å²) < 4.78 is 50.8. The van der Waals surface area contributed by atoms with E-state index in [4.69, 9.17) is 0 Å². The number of rotatable bonds is 4. The monoisotopic (exact) mass is 263 g/mol. The molecule has 1 aromatic rings. The van der Waals surface area contributed by atoms with Crippen molar-refractivity contribution < 1.29 is 22.4 Å². The van der Waals surface area contributed by atoms with Crippen LogP contribution in [-0.4, -0.2) is 6.41 Å². The maximum atomic E-state index is 13.7. The Labute approximate surface area is 102 Å². The molecule has 0 bridgehead atoms. The lowest BCUT2D eigenvalue weighted by Gasteiger charge is -2.21. The van der Waals surface area contributed by atoms with Gasteiger partial charge in [-0.1, -0.05) is 19.9 Å². The molecule has 0 aromatic heterocycles. The third-order valence-corrected chi connectivity index (χ3v) is 2.58. The van der Waals surface area contributed by atoms with Gasteiger partial charge in [0.05, 0.1) is 11.6 Å². The van der Waals surface area contributed by atoms with Crippen LogP contribution in [0.5, 0.6) is 0 Å². The lowest BCUT2D eigenvalue weighted by molar-refractivity contribution is -0.137. The number of halogens is 4. The first-order valence-electron chi connectivity index (χ1n) is 5.33. The number of alkyl halides is 3. The third kappa shape index (κ3) is 3.21. The SMILES string of the molecule is CC(C)[C@@H](NC=O)c1ccc(C(F)(F)F)cc1F. The summed E-state index contributed by atoms with van der Waals surface area (Å²) in [5.74, 6) is -1.11. The first kappa shape index (κ1) is 14.5. The van der Waals surface area contributed by atoms with Gasteiger partial charge in [0.15, 0.2) is 0 Å². The van der Waals surface area contributed by atoms with Gasteiger partial charge in [-0.25, -0.2) is 4.39 Å². The zero-order valence-corrected chi connectivity index (χ0v) is 9.88. The summed E-state index contributed by atoms with van der Waals surface area (Å²) in [7, 11) is 0. The van der Waals surface area contributed by atoms with E-state index in [1.165, 1.54) is 0 Å². The summed E-state index contributed by atoms with van der Waals surface area (Å²) in [5.41, 5.74) is -0.998. The molecule has 1 amide bonds. The molecule has 0 heterocycles. The minimum atomic E-state index is -4.58. The first-order chi connectivity index (χ1) is 8.27. The van der Waals surface area contributed by atoms with E-state index >= 15 is 0 Å². The normalized spacial score (nSPS) is 13.5. The molecule has 0 aliphatic rings. The summed E-state index contributed by atoms with van der Waals surface area (Å²) >= 11 is 0. The van der Waals surface area contributed by atoms with Crippen molar-refractivity contribution in [1.29, 1.82) is 0 Å². The molecule has 0 saturated carbocycles. The predicted octanol–water partition coefficient (Wildman–Crippen LogP) is 3.29. The fourth-order valence-electron chi connectivity index (χ4n) is 1.67. The lowest BCUT2D eigenvalue weighted by atomic mass is 9.95. The van der Waals surface area contributed by atoms with E-state index < -0.39 is 23.6 Å². The fraction of sp³-hybridized carbons (Fsp3) is 0.417. The van der Waals surface area contributed by atoms with Crippen molar-refractivity contribution in [2.24, 2.45) is 5.92 Å². The van der Waals surface area contributed by atoms with Gasteiger partial charge < -0.3 is 5.32 Å². The molecule has 0 fully saturated rings. The second-order valence-corrected chi connectivity index (χ2v) is 4.24. The predicted molar refractivity (Wildman–Crippen MR) is 58.2 cm³/mol. The second kappa shape index (κ2) is 5.37. The van der Waals surface area contributed by atoms with Gasteiger partial charge in [0, 0.05) is 5.56 Å². The molecule has 0 spiro atoms. The Bertz CT molecular complexity index is 429. The van der Waals surface area contributed by atoms with Crippen LogP contribution in [0.2, 0.25) is 0 Å². The van der Waals surface area contributed by atoms with Gasteiger partial charge in [-0.2, -0.15) is 13.2 Å². The van der Waals surface area contributed by atoms with Crippen molar-refractivity contribution in [3.63, 3.8) is 0 Å². The van der Waals surface area contributed by atoms with Crippen LogP contribution in [0, 0.1) is 11.7 Å². The highest BCUT2D eigenvalue weighted by Crippen LogP contribution is 2.32. The maximum absolute atomic E-state index is 13.7. The maximum Gasteiger partial charge on any atom is 0.416 e. The standard InChI is InChI=1S/C12H13F4NO/c1-7(2)11(17-6-18)9-4-3-8(5-10(9)13)12(14,15)16/h3-7,11H,1-2H3,(H,17,18)/t11-/m1/s1. The van der Waals surface area contributed by atoms with Crippen LogP contribution < -0.4 is 5.32 Å². The fourth-order valence-corrected chi connectivity index (χ4v) is 1.67. The van der Waals surface area contributed by atoms with E-state index in [1.807, 2.05) is 0 Å². The molecule has 1 aromatic carbocycles.